The first-order valence-electron chi connectivity index (χ1n) is 9.63. The van der Waals surface area contributed by atoms with Gasteiger partial charge in [0.25, 0.3) is 0 Å². The number of hydrogen-bond acceptors (Lipinski definition) is 3. The lowest BCUT2D eigenvalue weighted by Gasteiger charge is -2.25. The van der Waals surface area contributed by atoms with E-state index < -0.39 is 23.9 Å². The van der Waals surface area contributed by atoms with Gasteiger partial charge < -0.3 is 9.84 Å². The number of likely N-dealkylation sites (N-methyl/N-ethyl adjacent to an activating group) is 1. The molecule has 7 heteroatoms. The molecule has 3 aromatic carbocycles. The first-order valence-corrected chi connectivity index (χ1v) is 10.0. The Balaban J connectivity index is 1.55. The van der Waals surface area contributed by atoms with Crippen LogP contribution in [0.5, 0.6) is 0 Å². The molecule has 0 radical (unpaired) electrons. The maximum absolute atomic E-state index is 13.7. The second-order valence-electron chi connectivity index (χ2n) is 7.36. The summed E-state index contributed by atoms with van der Waals surface area (Å²) in [6.45, 7) is 0.0491. The summed E-state index contributed by atoms with van der Waals surface area (Å²) in [6, 6.07) is 17.8. The normalized spacial score (nSPS) is 13.3. The van der Waals surface area contributed by atoms with Crippen LogP contribution in [0.25, 0.3) is 11.1 Å². The number of ether oxygens (including phenoxy) is 1. The van der Waals surface area contributed by atoms with Gasteiger partial charge in [0.05, 0.1) is 0 Å². The van der Waals surface area contributed by atoms with Crippen molar-refractivity contribution in [3.63, 3.8) is 0 Å². The number of carboxylic acids is 1. The third-order valence-corrected chi connectivity index (χ3v) is 5.66. The number of fused-ring (bicyclic) bond motifs is 3. The van der Waals surface area contributed by atoms with E-state index in [2.05, 4.69) is 0 Å². The molecule has 31 heavy (non-hydrogen) atoms. The molecule has 1 amide bonds. The van der Waals surface area contributed by atoms with Crippen molar-refractivity contribution in [2.45, 2.75) is 12.0 Å². The zero-order chi connectivity index (χ0) is 22.1. The molecule has 0 saturated carbocycles. The summed E-state index contributed by atoms with van der Waals surface area (Å²) in [5.41, 5.74) is 4.32. The van der Waals surface area contributed by atoms with Gasteiger partial charge in [0.2, 0.25) is 0 Å². The van der Waals surface area contributed by atoms with Crippen LogP contribution in [0.1, 0.15) is 28.7 Å². The second kappa shape index (κ2) is 8.40. The number of hydrogen-bond donors (Lipinski definition) is 1. The van der Waals surface area contributed by atoms with E-state index in [1.165, 1.54) is 13.1 Å². The van der Waals surface area contributed by atoms with Crippen LogP contribution in [0.2, 0.25) is 5.02 Å². The first-order chi connectivity index (χ1) is 14.9. The summed E-state index contributed by atoms with van der Waals surface area (Å²) in [7, 11) is 1.30. The monoisotopic (exact) mass is 439 g/mol. The number of carbonyl (C=O) groups is 2. The molecule has 1 aliphatic carbocycles. The number of carbonyl (C=O) groups excluding carboxylic acids is 1. The minimum atomic E-state index is -1.44. The van der Waals surface area contributed by atoms with Crippen LogP contribution in [-0.4, -0.2) is 35.7 Å². The molecule has 0 fully saturated rings. The molecule has 158 valence electrons. The Morgan fingerprint density at radius 3 is 2.19 bits per heavy atom. The predicted molar refractivity (Wildman–Crippen MR) is 115 cm³/mol. The average molecular weight is 440 g/mol. The van der Waals surface area contributed by atoms with Gasteiger partial charge in [0.15, 0.2) is 6.04 Å². The number of nitrogens with zero attached hydrogens (tertiary/aromatic N) is 1. The Labute approximate surface area is 183 Å². The number of amides is 1. The summed E-state index contributed by atoms with van der Waals surface area (Å²) in [5, 5.41) is 9.70. The van der Waals surface area contributed by atoms with Crippen LogP contribution >= 0.6 is 11.6 Å². The van der Waals surface area contributed by atoms with E-state index in [1.54, 1.807) is 0 Å². The molecule has 0 spiro atoms. The molecule has 0 aromatic heterocycles. The third kappa shape index (κ3) is 3.99. The Hall–Kier alpha value is -3.38. The third-order valence-electron chi connectivity index (χ3n) is 5.45. The van der Waals surface area contributed by atoms with Crippen LogP contribution in [0.3, 0.4) is 0 Å². The van der Waals surface area contributed by atoms with Crippen LogP contribution < -0.4 is 0 Å². The molecular weight excluding hydrogens is 421 g/mol. The fraction of sp³-hybridized carbons (Fsp3) is 0.167. The summed E-state index contributed by atoms with van der Waals surface area (Å²) >= 11 is 5.86. The molecule has 0 bridgehead atoms. The predicted octanol–water partition coefficient (Wildman–Crippen LogP) is 5.49. The van der Waals surface area contributed by atoms with Crippen molar-refractivity contribution in [2.24, 2.45) is 0 Å². The highest BCUT2D eigenvalue weighted by atomic mass is 35.5. The van der Waals surface area contributed by atoms with Gasteiger partial charge in [-0.2, -0.15) is 0 Å². The quantitative estimate of drug-likeness (QED) is 0.571. The molecule has 1 unspecified atom stereocenters. The molecule has 1 N–H and O–H groups in total. The Morgan fingerprint density at radius 2 is 1.65 bits per heavy atom. The Bertz CT molecular complexity index is 1100. The van der Waals surface area contributed by atoms with Crippen molar-refractivity contribution in [1.29, 1.82) is 0 Å². The van der Waals surface area contributed by atoms with Gasteiger partial charge in [-0.25, -0.2) is 14.0 Å². The largest absolute Gasteiger partial charge is 0.479 e. The lowest BCUT2D eigenvalue weighted by atomic mass is 9.98. The van der Waals surface area contributed by atoms with Gasteiger partial charge >= 0.3 is 12.1 Å². The first kappa shape index (κ1) is 20.9. The highest BCUT2D eigenvalue weighted by Crippen LogP contribution is 2.44. The summed E-state index contributed by atoms with van der Waals surface area (Å²) in [6.07, 6.45) is -0.824. The van der Waals surface area contributed by atoms with E-state index in [1.807, 2.05) is 48.5 Å². The van der Waals surface area contributed by atoms with Gasteiger partial charge in [-0.15, -0.1) is 0 Å². The summed E-state index contributed by atoms with van der Waals surface area (Å²) in [5.74, 6) is -2.16. The maximum Gasteiger partial charge on any atom is 0.410 e. The van der Waals surface area contributed by atoms with Crippen molar-refractivity contribution < 1.29 is 23.8 Å². The molecule has 0 aliphatic heterocycles. The molecule has 1 aliphatic rings. The van der Waals surface area contributed by atoms with Crippen LogP contribution in [0, 0.1) is 5.82 Å². The second-order valence-corrected chi connectivity index (χ2v) is 7.79. The van der Waals surface area contributed by atoms with E-state index in [0.29, 0.717) is 0 Å². The number of benzene rings is 3. The standard InChI is InChI=1S/C24H19ClFNO4/c1-27(22(23(28)29)14-10-15(25)12-16(26)11-14)24(30)31-13-21-19-8-4-2-6-17(19)18-7-3-5-9-20(18)21/h2-12,21-22H,13H2,1H3,(H,28,29). The smallest absolute Gasteiger partial charge is 0.410 e. The van der Waals surface area contributed by atoms with Gasteiger partial charge in [0, 0.05) is 18.0 Å². The van der Waals surface area contributed by atoms with Crippen molar-refractivity contribution in [2.75, 3.05) is 13.7 Å². The zero-order valence-electron chi connectivity index (χ0n) is 16.6. The Morgan fingerprint density at radius 1 is 1.06 bits per heavy atom. The highest BCUT2D eigenvalue weighted by molar-refractivity contribution is 6.30. The molecule has 3 aromatic rings. The van der Waals surface area contributed by atoms with Gasteiger partial charge in [0.1, 0.15) is 12.4 Å². The van der Waals surface area contributed by atoms with Crippen LogP contribution in [0.4, 0.5) is 9.18 Å². The van der Waals surface area contributed by atoms with Crippen molar-refractivity contribution in [1.82, 2.24) is 4.90 Å². The fourth-order valence-electron chi connectivity index (χ4n) is 4.07. The molecule has 0 saturated heterocycles. The fourth-order valence-corrected chi connectivity index (χ4v) is 4.30. The SMILES string of the molecule is CN(C(=O)OCC1c2ccccc2-c2ccccc21)C(C(=O)O)c1cc(F)cc(Cl)c1. The summed E-state index contributed by atoms with van der Waals surface area (Å²) < 4.78 is 19.2. The summed E-state index contributed by atoms with van der Waals surface area (Å²) in [4.78, 5) is 25.5. The maximum atomic E-state index is 13.7. The average Bonchev–Trinajstić information content (AvgIpc) is 3.05. The van der Waals surface area contributed by atoms with E-state index >= 15 is 0 Å². The number of aliphatic carboxylic acids is 1. The number of halogens is 2. The van der Waals surface area contributed by atoms with E-state index in [-0.39, 0.29) is 23.1 Å². The Kier molecular flexibility index (Phi) is 5.65. The lowest BCUT2D eigenvalue weighted by Crippen LogP contribution is -2.37. The topological polar surface area (TPSA) is 66.8 Å². The van der Waals surface area contributed by atoms with Gasteiger partial charge in [-0.05, 0) is 46.0 Å². The van der Waals surface area contributed by atoms with Gasteiger partial charge in [-0.1, -0.05) is 60.1 Å². The van der Waals surface area contributed by atoms with Crippen LogP contribution in [-0.2, 0) is 9.53 Å². The highest BCUT2D eigenvalue weighted by Gasteiger charge is 2.33. The number of rotatable bonds is 5. The van der Waals surface area contributed by atoms with Crippen LogP contribution in [0.15, 0.2) is 66.7 Å². The van der Waals surface area contributed by atoms with Crippen molar-refractivity contribution in [3.8, 4) is 11.1 Å². The molecule has 5 nitrogen and oxygen atoms in total. The molecule has 1 atom stereocenters. The molecular formula is C24H19ClFNO4. The molecule has 0 heterocycles. The molecule has 4 rings (SSSR count). The zero-order valence-corrected chi connectivity index (χ0v) is 17.3. The van der Waals surface area contributed by atoms with E-state index in [4.69, 9.17) is 16.3 Å². The lowest BCUT2D eigenvalue weighted by molar-refractivity contribution is -0.142. The number of carboxylic acid groups (broad SMARTS) is 1. The minimum Gasteiger partial charge on any atom is -0.479 e. The van der Waals surface area contributed by atoms with E-state index in [0.717, 1.165) is 39.3 Å². The minimum absolute atomic E-state index is 0.0437. The van der Waals surface area contributed by atoms with Gasteiger partial charge in [-0.3, -0.25) is 4.90 Å². The van der Waals surface area contributed by atoms with E-state index in [9.17, 15) is 19.1 Å². The van der Waals surface area contributed by atoms with Crippen molar-refractivity contribution >= 4 is 23.7 Å². The van der Waals surface area contributed by atoms with Crippen molar-refractivity contribution in [3.05, 3.63) is 94.3 Å².